The van der Waals surface area contributed by atoms with E-state index in [1.807, 2.05) is 6.92 Å². The van der Waals surface area contributed by atoms with E-state index in [2.05, 4.69) is 17.6 Å². The Morgan fingerprint density at radius 1 is 1.53 bits per heavy atom. The zero-order valence-electron chi connectivity index (χ0n) is 11.0. The number of hydrogen-bond donors (Lipinski definition) is 2. The van der Waals surface area contributed by atoms with Crippen LogP contribution in [0.3, 0.4) is 0 Å². The lowest BCUT2D eigenvalue weighted by Gasteiger charge is -2.20. The van der Waals surface area contributed by atoms with E-state index >= 15 is 0 Å². The van der Waals surface area contributed by atoms with Gasteiger partial charge in [0.15, 0.2) is 0 Å². The van der Waals surface area contributed by atoms with Gasteiger partial charge in [-0.3, -0.25) is 4.79 Å². The summed E-state index contributed by atoms with van der Waals surface area (Å²) in [5.41, 5.74) is 0. The second-order valence-corrected chi connectivity index (χ2v) is 4.57. The van der Waals surface area contributed by atoms with Crippen LogP contribution >= 0.6 is 0 Å². The van der Waals surface area contributed by atoms with E-state index in [1.165, 1.54) is 0 Å². The van der Waals surface area contributed by atoms with Crippen LogP contribution in [-0.2, 0) is 14.3 Å². The molecule has 3 atom stereocenters. The molecule has 100 valence electrons. The summed E-state index contributed by atoms with van der Waals surface area (Å²) in [7, 11) is 1.63. The third-order valence-electron chi connectivity index (χ3n) is 2.88. The Balaban J connectivity index is 2.38. The van der Waals surface area contributed by atoms with Crippen LogP contribution in [-0.4, -0.2) is 51.5 Å². The summed E-state index contributed by atoms with van der Waals surface area (Å²) in [6, 6.07) is 0.185. The lowest BCUT2D eigenvalue weighted by Crippen LogP contribution is -2.47. The highest BCUT2D eigenvalue weighted by Crippen LogP contribution is 2.14. The van der Waals surface area contributed by atoms with Gasteiger partial charge in [-0.2, -0.15) is 0 Å². The fourth-order valence-electron chi connectivity index (χ4n) is 1.99. The molecule has 0 bridgehead atoms. The molecule has 17 heavy (non-hydrogen) atoms. The van der Waals surface area contributed by atoms with Gasteiger partial charge in [0.25, 0.3) is 0 Å². The molecule has 1 fully saturated rings. The van der Waals surface area contributed by atoms with E-state index in [9.17, 15) is 4.79 Å². The van der Waals surface area contributed by atoms with Gasteiger partial charge in [-0.05, 0) is 19.9 Å². The molecule has 0 aromatic heterocycles. The van der Waals surface area contributed by atoms with Crippen molar-refractivity contribution in [3.05, 3.63) is 0 Å². The number of hydrogen-bond acceptors (Lipinski definition) is 4. The van der Waals surface area contributed by atoms with Crippen molar-refractivity contribution in [2.75, 3.05) is 33.5 Å². The van der Waals surface area contributed by atoms with Crippen molar-refractivity contribution in [1.29, 1.82) is 0 Å². The van der Waals surface area contributed by atoms with Crippen LogP contribution < -0.4 is 10.6 Å². The van der Waals surface area contributed by atoms with E-state index < -0.39 is 0 Å². The van der Waals surface area contributed by atoms with E-state index in [0.717, 1.165) is 13.0 Å². The molecule has 0 aliphatic carbocycles. The van der Waals surface area contributed by atoms with Gasteiger partial charge in [0.05, 0.1) is 25.7 Å². The zero-order chi connectivity index (χ0) is 12.7. The van der Waals surface area contributed by atoms with E-state index in [-0.39, 0.29) is 23.9 Å². The van der Waals surface area contributed by atoms with Gasteiger partial charge in [-0.15, -0.1) is 0 Å². The average molecular weight is 244 g/mol. The normalized spacial score (nSPS) is 25.8. The van der Waals surface area contributed by atoms with Crippen LogP contribution in [0.25, 0.3) is 0 Å². The van der Waals surface area contributed by atoms with Crippen LogP contribution in [0.1, 0.15) is 20.3 Å². The van der Waals surface area contributed by atoms with Crippen molar-refractivity contribution in [3.8, 4) is 0 Å². The summed E-state index contributed by atoms with van der Waals surface area (Å²) in [5, 5.41) is 6.30. The monoisotopic (exact) mass is 244 g/mol. The van der Waals surface area contributed by atoms with Gasteiger partial charge >= 0.3 is 0 Å². The van der Waals surface area contributed by atoms with Crippen molar-refractivity contribution < 1.29 is 14.3 Å². The second kappa shape index (κ2) is 7.63. The fraction of sp³-hybridized carbons (Fsp3) is 0.917. The fourth-order valence-corrected chi connectivity index (χ4v) is 1.99. The van der Waals surface area contributed by atoms with Crippen molar-refractivity contribution in [2.24, 2.45) is 5.92 Å². The number of rotatable bonds is 7. The maximum absolute atomic E-state index is 12.0. The molecule has 1 saturated heterocycles. The van der Waals surface area contributed by atoms with Crippen molar-refractivity contribution >= 4 is 5.91 Å². The van der Waals surface area contributed by atoms with Crippen LogP contribution in [0.15, 0.2) is 0 Å². The number of carbonyl (C=O) groups excluding carboxylic acids is 1. The number of amides is 1. The van der Waals surface area contributed by atoms with Gasteiger partial charge in [-0.25, -0.2) is 0 Å². The molecule has 0 aromatic rings. The lowest BCUT2D eigenvalue weighted by atomic mass is 10.0. The Morgan fingerprint density at radius 2 is 2.29 bits per heavy atom. The maximum Gasteiger partial charge on any atom is 0.227 e. The van der Waals surface area contributed by atoms with Crippen LogP contribution in [0, 0.1) is 5.92 Å². The van der Waals surface area contributed by atoms with E-state index in [4.69, 9.17) is 9.47 Å². The number of ether oxygens (including phenoxy) is 2. The van der Waals surface area contributed by atoms with Crippen LogP contribution in [0.4, 0.5) is 0 Å². The Morgan fingerprint density at radius 3 is 2.94 bits per heavy atom. The predicted octanol–water partition coefficient (Wildman–Crippen LogP) is 0.152. The van der Waals surface area contributed by atoms with Crippen molar-refractivity contribution in [3.63, 3.8) is 0 Å². The third kappa shape index (κ3) is 4.61. The Labute approximate surface area is 103 Å². The number of nitrogens with one attached hydrogen (secondary N) is 2. The van der Waals surface area contributed by atoms with Crippen LogP contribution in [0.2, 0.25) is 0 Å². The minimum Gasteiger partial charge on any atom is -0.383 e. The van der Waals surface area contributed by atoms with Crippen LogP contribution in [0.5, 0.6) is 0 Å². The molecule has 0 radical (unpaired) electrons. The lowest BCUT2D eigenvalue weighted by molar-refractivity contribution is -0.126. The second-order valence-electron chi connectivity index (χ2n) is 4.57. The molecule has 0 saturated carbocycles. The molecule has 1 heterocycles. The first kappa shape index (κ1) is 14.4. The van der Waals surface area contributed by atoms with Gasteiger partial charge in [0.2, 0.25) is 5.91 Å². The third-order valence-corrected chi connectivity index (χ3v) is 2.88. The quantitative estimate of drug-likeness (QED) is 0.669. The highest BCUT2D eigenvalue weighted by Gasteiger charge is 2.33. The molecule has 1 rings (SSSR count). The Kier molecular flexibility index (Phi) is 6.47. The highest BCUT2D eigenvalue weighted by molar-refractivity contribution is 5.80. The molecular weight excluding hydrogens is 220 g/mol. The molecule has 1 aliphatic heterocycles. The topological polar surface area (TPSA) is 59.6 Å². The highest BCUT2D eigenvalue weighted by atomic mass is 16.5. The van der Waals surface area contributed by atoms with E-state index in [0.29, 0.717) is 19.8 Å². The standard InChI is InChI=1S/C12H24N2O3/c1-4-5-13-11-8-17-7-10(11)12(15)14-9(2)6-16-3/h9-11,13H,4-8H2,1-3H3,(H,14,15). The maximum atomic E-state index is 12.0. The summed E-state index contributed by atoms with van der Waals surface area (Å²) >= 11 is 0. The first-order valence-corrected chi connectivity index (χ1v) is 6.29. The first-order valence-electron chi connectivity index (χ1n) is 6.29. The summed E-state index contributed by atoms with van der Waals surface area (Å²) in [6.45, 7) is 6.63. The van der Waals surface area contributed by atoms with Gasteiger partial charge in [0.1, 0.15) is 0 Å². The molecule has 5 nitrogen and oxygen atoms in total. The smallest absolute Gasteiger partial charge is 0.227 e. The molecule has 5 heteroatoms. The molecule has 3 unspecified atom stereocenters. The van der Waals surface area contributed by atoms with Gasteiger partial charge < -0.3 is 20.1 Å². The summed E-state index contributed by atoms with van der Waals surface area (Å²) in [4.78, 5) is 12.0. The van der Waals surface area contributed by atoms with E-state index in [1.54, 1.807) is 7.11 Å². The molecular formula is C12H24N2O3. The molecule has 1 aliphatic rings. The summed E-state index contributed by atoms with van der Waals surface area (Å²) in [5.74, 6) is -0.0264. The molecule has 1 amide bonds. The Hall–Kier alpha value is -0.650. The Bertz CT molecular complexity index is 236. The number of methoxy groups -OCH3 is 1. The minimum atomic E-state index is -0.0825. The molecule has 0 spiro atoms. The van der Waals surface area contributed by atoms with Gasteiger partial charge in [0, 0.05) is 19.2 Å². The predicted molar refractivity (Wildman–Crippen MR) is 65.9 cm³/mol. The largest absolute Gasteiger partial charge is 0.383 e. The number of carbonyl (C=O) groups is 1. The summed E-state index contributed by atoms with van der Waals surface area (Å²) < 4.78 is 10.4. The molecule has 0 aromatic carbocycles. The van der Waals surface area contributed by atoms with Crippen molar-refractivity contribution in [2.45, 2.75) is 32.4 Å². The van der Waals surface area contributed by atoms with Crippen molar-refractivity contribution in [1.82, 2.24) is 10.6 Å². The summed E-state index contributed by atoms with van der Waals surface area (Å²) in [6.07, 6.45) is 1.06. The average Bonchev–Trinajstić information content (AvgIpc) is 2.74. The SMILES string of the molecule is CCCNC1COCC1C(=O)NC(C)COC. The first-order chi connectivity index (χ1) is 8.19. The zero-order valence-corrected chi connectivity index (χ0v) is 11.0. The molecule has 2 N–H and O–H groups in total. The van der Waals surface area contributed by atoms with Gasteiger partial charge in [-0.1, -0.05) is 6.92 Å². The minimum absolute atomic E-state index is 0.0416.